The molecule has 0 saturated carbocycles. The average Bonchev–Trinajstić information content (AvgIpc) is 3.37. The smallest absolute Gasteiger partial charge is 0.242 e. The van der Waals surface area contributed by atoms with E-state index in [0.717, 1.165) is 17.2 Å². The van der Waals surface area contributed by atoms with Gasteiger partial charge in [-0.1, -0.05) is 54.1 Å². The van der Waals surface area contributed by atoms with Crippen molar-refractivity contribution < 1.29 is 18.0 Å². The maximum Gasteiger partial charge on any atom is 0.242 e. The number of nitrogens with one attached hydrogen (secondary N) is 1. The molecule has 2 aliphatic rings. The van der Waals surface area contributed by atoms with Gasteiger partial charge in [-0.15, -0.1) is 0 Å². The molecule has 0 radical (unpaired) electrons. The number of rotatable bonds is 6. The molecule has 36 heavy (non-hydrogen) atoms. The van der Waals surface area contributed by atoms with Crippen LogP contribution in [-0.4, -0.2) is 62.3 Å². The van der Waals surface area contributed by atoms with E-state index in [9.17, 15) is 18.0 Å². The van der Waals surface area contributed by atoms with Gasteiger partial charge in [0.05, 0.1) is 11.4 Å². The number of piperidine rings is 1. The van der Waals surface area contributed by atoms with Crippen molar-refractivity contribution in [1.29, 1.82) is 0 Å². The van der Waals surface area contributed by atoms with Gasteiger partial charge in [0.25, 0.3) is 0 Å². The third-order valence-corrected chi connectivity index (χ3v) is 8.75. The van der Waals surface area contributed by atoms with E-state index in [-0.39, 0.29) is 23.3 Å². The summed E-state index contributed by atoms with van der Waals surface area (Å²) < 4.78 is 28.7. The van der Waals surface area contributed by atoms with Crippen LogP contribution < -0.4 is 4.72 Å². The number of nitrogens with zero attached hydrogens (tertiary/aromatic N) is 2. The van der Waals surface area contributed by atoms with E-state index in [1.807, 2.05) is 18.2 Å². The monoisotopic (exact) mass is 525 g/mol. The lowest BCUT2D eigenvalue weighted by Gasteiger charge is -2.33. The molecule has 2 saturated heterocycles. The van der Waals surface area contributed by atoms with Crippen LogP contribution in [0.5, 0.6) is 0 Å². The summed E-state index contributed by atoms with van der Waals surface area (Å²) in [7, 11) is -3.93. The minimum atomic E-state index is -3.93. The Balaban J connectivity index is 1.23. The molecule has 0 aromatic heterocycles. The summed E-state index contributed by atoms with van der Waals surface area (Å²) in [5.74, 6) is -0.159. The van der Waals surface area contributed by atoms with Gasteiger partial charge < -0.3 is 9.80 Å². The molecule has 188 valence electrons. The molecule has 5 rings (SSSR count). The van der Waals surface area contributed by atoms with Crippen molar-refractivity contribution in [1.82, 2.24) is 14.5 Å². The number of benzene rings is 3. The minimum absolute atomic E-state index is 0.0324. The molecule has 0 bridgehead atoms. The van der Waals surface area contributed by atoms with Gasteiger partial charge in [0.15, 0.2) is 0 Å². The average molecular weight is 526 g/mol. The standard InChI is InChI=1S/C27H28ClN3O4S/c28-23-10-8-21-16-24(11-9-20(21)15-23)36(34,35)29-25-7-4-13-31(27(25)33)18-26(32)30-14-12-22(17-30)19-5-2-1-3-6-19/h1-3,5-6,8-11,15-16,22,25,29H,4,7,12-14,17-18H2/t22?,25-/m0/s1. The van der Waals surface area contributed by atoms with Crippen LogP contribution in [-0.2, 0) is 19.6 Å². The van der Waals surface area contributed by atoms with E-state index in [1.54, 1.807) is 35.2 Å². The largest absolute Gasteiger partial charge is 0.341 e. The molecular weight excluding hydrogens is 498 g/mol. The number of sulfonamides is 1. The van der Waals surface area contributed by atoms with E-state index >= 15 is 0 Å². The molecule has 9 heteroatoms. The lowest BCUT2D eigenvalue weighted by Crippen LogP contribution is -2.54. The highest BCUT2D eigenvalue weighted by atomic mass is 35.5. The van der Waals surface area contributed by atoms with Gasteiger partial charge in [-0.3, -0.25) is 9.59 Å². The molecule has 0 aliphatic carbocycles. The van der Waals surface area contributed by atoms with E-state index in [4.69, 9.17) is 11.6 Å². The molecule has 2 heterocycles. The van der Waals surface area contributed by atoms with E-state index in [2.05, 4.69) is 16.9 Å². The zero-order valence-corrected chi connectivity index (χ0v) is 21.3. The van der Waals surface area contributed by atoms with Crippen molar-refractivity contribution in [3.8, 4) is 0 Å². The zero-order valence-electron chi connectivity index (χ0n) is 19.8. The second kappa shape index (κ2) is 10.2. The predicted molar refractivity (Wildman–Crippen MR) is 139 cm³/mol. The highest BCUT2D eigenvalue weighted by molar-refractivity contribution is 7.89. The molecule has 7 nitrogen and oxygen atoms in total. The normalized spacial score (nSPS) is 20.8. The van der Waals surface area contributed by atoms with Gasteiger partial charge in [0, 0.05) is 30.6 Å². The van der Waals surface area contributed by atoms with Gasteiger partial charge in [-0.2, -0.15) is 4.72 Å². The Morgan fingerprint density at radius 3 is 2.53 bits per heavy atom. The molecule has 0 spiro atoms. The van der Waals surface area contributed by atoms with E-state index in [1.165, 1.54) is 16.5 Å². The van der Waals surface area contributed by atoms with Gasteiger partial charge >= 0.3 is 0 Å². The predicted octanol–water partition coefficient (Wildman–Crippen LogP) is 3.78. The van der Waals surface area contributed by atoms with Crippen LogP contribution in [0.15, 0.2) is 71.6 Å². The van der Waals surface area contributed by atoms with Gasteiger partial charge in [-0.05, 0) is 59.9 Å². The molecule has 2 aliphatic heterocycles. The number of fused-ring (bicyclic) bond motifs is 1. The summed E-state index contributed by atoms with van der Waals surface area (Å²) in [6, 6.07) is 19.2. The Bertz CT molecular complexity index is 1400. The Morgan fingerprint density at radius 1 is 0.972 bits per heavy atom. The van der Waals surface area contributed by atoms with Crippen molar-refractivity contribution in [2.45, 2.75) is 36.1 Å². The quantitative estimate of drug-likeness (QED) is 0.530. The van der Waals surface area contributed by atoms with Crippen molar-refractivity contribution in [2.75, 3.05) is 26.2 Å². The third-order valence-electron chi connectivity index (χ3n) is 7.05. The van der Waals surface area contributed by atoms with Crippen molar-refractivity contribution in [3.63, 3.8) is 0 Å². The number of likely N-dealkylation sites (tertiary alicyclic amines) is 2. The van der Waals surface area contributed by atoms with Crippen molar-refractivity contribution >= 4 is 44.2 Å². The van der Waals surface area contributed by atoms with Crippen LogP contribution in [0.2, 0.25) is 5.02 Å². The van der Waals surface area contributed by atoms with Gasteiger partial charge in [0.2, 0.25) is 21.8 Å². The van der Waals surface area contributed by atoms with Crippen LogP contribution >= 0.6 is 11.6 Å². The number of carbonyl (C=O) groups excluding carboxylic acids is 2. The van der Waals surface area contributed by atoms with Crippen LogP contribution in [0.4, 0.5) is 0 Å². The first-order chi connectivity index (χ1) is 17.3. The molecule has 2 atom stereocenters. The Labute approximate surface area is 216 Å². The fourth-order valence-electron chi connectivity index (χ4n) is 5.07. The molecule has 1 unspecified atom stereocenters. The fourth-order valence-corrected chi connectivity index (χ4v) is 6.51. The zero-order chi connectivity index (χ0) is 25.3. The molecule has 1 N–H and O–H groups in total. The number of hydrogen-bond donors (Lipinski definition) is 1. The summed E-state index contributed by atoms with van der Waals surface area (Å²) in [4.78, 5) is 29.5. The number of hydrogen-bond acceptors (Lipinski definition) is 4. The minimum Gasteiger partial charge on any atom is -0.341 e. The number of amides is 2. The highest BCUT2D eigenvalue weighted by Crippen LogP contribution is 2.27. The first-order valence-corrected chi connectivity index (χ1v) is 14.0. The van der Waals surface area contributed by atoms with Crippen LogP contribution in [0.3, 0.4) is 0 Å². The topological polar surface area (TPSA) is 86.8 Å². The maximum absolute atomic E-state index is 13.1. The Kier molecular flexibility index (Phi) is 7.01. The summed E-state index contributed by atoms with van der Waals surface area (Å²) in [5, 5.41) is 2.14. The lowest BCUT2D eigenvalue weighted by atomic mass is 9.99. The highest BCUT2D eigenvalue weighted by Gasteiger charge is 2.35. The van der Waals surface area contributed by atoms with Gasteiger partial charge in [0.1, 0.15) is 6.04 Å². The van der Waals surface area contributed by atoms with E-state index in [0.29, 0.717) is 43.4 Å². The fraction of sp³-hybridized carbons (Fsp3) is 0.333. The second-order valence-electron chi connectivity index (χ2n) is 9.47. The summed E-state index contributed by atoms with van der Waals surface area (Å²) in [6.45, 7) is 1.70. The molecule has 2 fully saturated rings. The molecular formula is C27H28ClN3O4S. The SMILES string of the molecule is O=C(CN1CCC[C@H](NS(=O)(=O)c2ccc3cc(Cl)ccc3c2)C1=O)N1CCC(c2ccccc2)C1. The lowest BCUT2D eigenvalue weighted by molar-refractivity contribution is -0.142. The molecule has 3 aromatic carbocycles. The maximum atomic E-state index is 13.1. The summed E-state index contributed by atoms with van der Waals surface area (Å²) >= 11 is 6.02. The van der Waals surface area contributed by atoms with Crippen LogP contribution in [0, 0.1) is 0 Å². The Morgan fingerprint density at radius 2 is 1.72 bits per heavy atom. The first-order valence-electron chi connectivity index (χ1n) is 12.1. The molecule has 2 amide bonds. The van der Waals surface area contributed by atoms with Crippen molar-refractivity contribution in [2.24, 2.45) is 0 Å². The van der Waals surface area contributed by atoms with Crippen LogP contribution in [0.25, 0.3) is 10.8 Å². The number of carbonyl (C=O) groups is 2. The second-order valence-corrected chi connectivity index (χ2v) is 11.6. The van der Waals surface area contributed by atoms with Gasteiger partial charge in [-0.25, -0.2) is 8.42 Å². The van der Waals surface area contributed by atoms with E-state index < -0.39 is 16.1 Å². The van der Waals surface area contributed by atoms with Crippen LogP contribution in [0.1, 0.15) is 30.7 Å². The molecule has 3 aromatic rings. The van der Waals surface area contributed by atoms with Crippen molar-refractivity contribution in [3.05, 3.63) is 77.3 Å². The summed E-state index contributed by atoms with van der Waals surface area (Å²) in [5.41, 5.74) is 1.22. The number of halogens is 1. The third kappa shape index (κ3) is 5.26. The Hall–Kier alpha value is -2.94. The summed E-state index contributed by atoms with van der Waals surface area (Å²) in [6.07, 6.45) is 1.91. The first kappa shape index (κ1) is 24.7.